The maximum Gasteiger partial charge on any atom is 0.130 e. The molecule has 1 atom stereocenters. The van der Waals surface area contributed by atoms with Crippen LogP contribution in [0.25, 0.3) is 0 Å². The number of rotatable bonds is 2. The van der Waals surface area contributed by atoms with Gasteiger partial charge in [-0.25, -0.2) is 4.39 Å². The molecule has 0 radical (unpaired) electrons. The Bertz CT molecular complexity index is 539. The van der Waals surface area contributed by atoms with E-state index in [0.717, 1.165) is 8.26 Å². The molecule has 1 aromatic carbocycles. The lowest BCUT2D eigenvalue weighted by atomic mass is 10.1. The van der Waals surface area contributed by atoms with E-state index < -0.39 is 11.9 Å². The maximum atomic E-state index is 13.6. The van der Waals surface area contributed by atoms with Gasteiger partial charge in [0.1, 0.15) is 11.9 Å². The van der Waals surface area contributed by atoms with Crippen LogP contribution in [0.1, 0.15) is 16.5 Å². The van der Waals surface area contributed by atoms with Gasteiger partial charge in [0.05, 0.1) is 3.79 Å². The quantitative estimate of drug-likeness (QED) is 0.739. The summed E-state index contributed by atoms with van der Waals surface area (Å²) in [4.78, 5) is 0.657. The van der Waals surface area contributed by atoms with Crippen LogP contribution >= 0.6 is 54.8 Å². The lowest BCUT2D eigenvalue weighted by molar-refractivity contribution is 0.218. The van der Waals surface area contributed by atoms with E-state index in [1.54, 1.807) is 12.1 Å². The Kier molecular flexibility index (Phi) is 4.26. The van der Waals surface area contributed by atoms with Crippen molar-refractivity contribution in [1.29, 1.82) is 0 Å². The van der Waals surface area contributed by atoms with Gasteiger partial charge in [0, 0.05) is 19.9 Å². The molecule has 1 heterocycles. The molecule has 6 heteroatoms. The standard InChI is InChI=1S/C11H6Br2ClFOS/c12-7-4-9(17-11(7)13)10(16)6-2-1-5(14)3-8(6)15/h1-4,10,16H. The monoisotopic (exact) mass is 398 g/mol. The third kappa shape index (κ3) is 2.90. The molecule has 1 nitrogen and oxygen atoms in total. The molecule has 90 valence electrons. The van der Waals surface area contributed by atoms with Gasteiger partial charge in [0.25, 0.3) is 0 Å². The summed E-state index contributed by atoms with van der Waals surface area (Å²) in [5.41, 5.74) is 0.218. The zero-order chi connectivity index (χ0) is 12.6. The van der Waals surface area contributed by atoms with Gasteiger partial charge in [-0.15, -0.1) is 11.3 Å². The summed E-state index contributed by atoms with van der Waals surface area (Å²) in [6.07, 6.45) is -0.986. The molecule has 0 aliphatic rings. The number of hydrogen-bond donors (Lipinski definition) is 1. The van der Waals surface area contributed by atoms with Gasteiger partial charge in [0.2, 0.25) is 0 Å². The summed E-state index contributed by atoms with van der Waals surface area (Å²) >= 11 is 13.7. The topological polar surface area (TPSA) is 20.2 Å². The first kappa shape index (κ1) is 13.5. The Morgan fingerprint density at radius 2 is 2.00 bits per heavy atom. The third-order valence-electron chi connectivity index (χ3n) is 2.19. The van der Waals surface area contributed by atoms with E-state index >= 15 is 0 Å². The first-order valence-corrected chi connectivity index (χ1v) is 7.35. The molecular weight excluding hydrogens is 394 g/mol. The summed E-state index contributed by atoms with van der Waals surface area (Å²) in [5.74, 6) is -0.509. The van der Waals surface area contributed by atoms with Crippen LogP contribution in [0, 0.1) is 5.82 Å². The zero-order valence-corrected chi connectivity index (χ0v) is 13.0. The highest BCUT2D eigenvalue weighted by molar-refractivity contribution is 9.13. The van der Waals surface area contributed by atoms with Crippen LogP contribution in [0.3, 0.4) is 0 Å². The number of halogens is 4. The van der Waals surface area contributed by atoms with E-state index in [9.17, 15) is 9.50 Å². The van der Waals surface area contributed by atoms with Crippen molar-refractivity contribution in [1.82, 2.24) is 0 Å². The molecule has 1 N–H and O–H groups in total. The molecule has 2 aromatic rings. The molecule has 0 spiro atoms. The number of hydrogen-bond acceptors (Lipinski definition) is 2. The average molecular weight is 400 g/mol. The van der Waals surface area contributed by atoms with Crippen molar-refractivity contribution in [3.63, 3.8) is 0 Å². The molecule has 0 saturated heterocycles. The van der Waals surface area contributed by atoms with Gasteiger partial charge in [0.15, 0.2) is 0 Å². The van der Waals surface area contributed by atoms with Crippen LogP contribution in [0.15, 0.2) is 32.5 Å². The van der Waals surface area contributed by atoms with E-state index in [1.807, 2.05) is 0 Å². The van der Waals surface area contributed by atoms with Crippen LogP contribution in [0.2, 0.25) is 5.02 Å². The molecule has 1 aromatic heterocycles. The SMILES string of the molecule is OC(c1cc(Br)c(Br)s1)c1ccc(Cl)cc1F. The Morgan fingerprint density at radius 3 is 2.53 bits per heavy atom. The fraction of sp³-hybridized carbons (Fsp3) is 0.0909. The Morgan fingerprint density at radius 1 is 1.29 bits per heavy atom. The van der Waals surface area contributed by atoms with Crippen LogP contribution in [-0.2, 0) is 0 Å². The highest BCUT2D eigenvalue weighted by Gasteiger charge is 2.18. The molecule has 1 unspecified atom stereocenters. The van der Waals surface area contributed by atoms with Crippen LogP contribution in [0.4, 0.5) is 4.39 Å². The van der Waals surface area contributed by atoms with Gasteiger partial charge >= 0.3 is 0 Å². The summed E-state index contributed by atoms with van der Waals surface area (Å²) in [6.45, 7) is 0. The first-order valence-electron chi connectivity index (χ1n) is 4.57. The summed E-state index contributed by atoms with van der Waals surface area (Å²) in [5, 5.41) is 10.4. The molecule has 2 rings (SSSR count). The number of benzene rings is 1. The predicted octanol–water partition coefficient (Wildman–Crippen LogP) is 5.15. The van der Waals surface area contributed by atoms with Crippen LogP contribution in [-0.4, -0.2) is 5.11 Å². The number of thiophene rings is 1. The Hall–Kier alpha value is 0.0600. The van der Waals surface area contributed by atoms with Crippen molar-refractivity contribution in [3.8, 4) is 0 Å². The van der Waals surface area contributed by atoms with E-state index in [4.69, 9.17) is 11.6 Å². The summed E-state index contributed by atoms with van der Waals surface area (Å²) in [6, 6.07) is 6.00. The zero-order valence-electron chi connectivity index (χ0n) is 8.25. The van der Waals surface area contributed by atoms with Gasteiger partial charge in [-0.3, -0.25) is 0 Å². The van der Waals surface area contributed by atoms with Crippen molar-refractivity contribution in [2.45, 2.75) is 6.10 Å². The maximum absolute atomic E-state index is 13.6. The summed E-state index contributed by atoms with van der Waals surface area (Å²) < 4.78 is 15.3. The van der Waals surface area contributed by atoms with Gasteiger partial charge in [-0.2, -0.15) is 0 Å². The third-order valence-corrected chi connectivity index (χ3v) is 5.73. The molecule has 0 aliphatic carbocycles. The second kappa shape index (κ2) is 5.36. The smallest absolute Gasteiger partial charge is 0.130 e. The molecule has 17 heavy (non-hydrogen) atoms. The van der Waals surface area contributed by atoms with Gasteiger partial charge in [-0.05, 0) is 50.1 Å². The first-order chi connectivity index (χ1) is 7.99. The highest BCUT2D eigenvalue weighted by atomic mass is 79.9. The minimum Gasteiger partial charge on any atom is -0.383 e. The second-order valence-corrected chi connectivity index (χ2v) is 7.03. The molecule has 0 amide bonds. The summed E-state index contributed by atoms with van der Waals surface area (Å²) in [7, 11) is 0. The highest BCUT2D eigenvalue weighted by Crippen LogP contribution is 2.38. The lowest BCUT2D eigenvalue weighted by Gasteiger charge is -2.09. The van der Waals surface area contributed by atoms with Crippen LogP contribution in [0.5, 0.6) is 0 Å². The van der Waals surface area contributed by atoms with Crippen LogP contribution < -0.4 is 0 Å². The Balaban J connectivity index is 2.39. The van der Waals surface area contributed by atoms with Crippen molar-refractivity contribution in [2.75, 3.05) is 0 Å². The molecule has 0 fully saturated rings. The minimum absolute atomic E-state index is 0.218. The largest absolute Gasteiger partial charge is 0.383 e. The van der Waals surface area contributed by atoms with Crippen molar-refractivity contribution < 1.29 is 9.50 Å². The fourth-order valence-corrected chi connectivity index (χ4v) is 3.63. The number of aliphatic hydroxyl groups is 1. The second-order valence-electron chi connectivity index (χ2n) is 3.34. The van der Waals surface area contributed by atoms with Crippen molar-refractivity contribution in [3.05, 3.63) is 53.8 Å². The molecule has 0 bridgehead atoms. The Labute approximate surface area is 123 Å². The number of aliphatic hydroxyl groups excluding tert-OH is 1. The van der Waals surface area contributed by atoms with Gasteiger partial charge in [-0.1, -0.05) is 17.7 Å². The average Bonchev–Trinajstić information content (AvgIpc) is 2.58. The van der Waals surface area contributed by atoms with Crippen molar-refractivity contribution in [2.24, 2.45) is 0 Å². The molecular formula is C11H6Br2ClFOS. The molecule has 0 saturated carbocycles. The van der Waals surface area contributed by atoms with Gasteiger partial charge < -0.3 is 5.11 Å². The van der Waals surface area contributed by atoms with E-state index in [2.05, 4.69) is 31.9 Å². The van der Waals surface area contributed by atoms with E-state index in [1.165, 1.54) is 23.5 Å². The molecule has 0 aliphatic heterocycles. The predicted molar refractivity (Wildman–Crippen MR) is 75.2 cm³/mol. The minimum atomic E-state index is -0.986. The van der Waals surface area contributed by atoms with Crippen molar-refractivity contribution >= 4 is 54.8 Å². The fourth-order valence-electron chi connectivity index (χ4n) is 1.37. The van der Waals surface area contributed by atoms with E-state index in [0.29, 0.717) is 9.90 Å². The lowest BCUT2D eigenvalue weighted by Crippen LogP contribution is -2.00. The normalized spacial score (nSPS) is 12.8. The van der Waals surface area contributed by atoms with E-state index in [-0.39, 0.29) is 5.56 Å².